The Balaban J connectivity index is 1.71. The van der Waals surface area contributed by atoms with Gasteiger partial charge in [0.1, 0.15) is 12.4 Å². The van der Waals surface area contributed by atoms with Crippen LogP contribution in [0.3, 0.4) is 0 Å². The van der Waals surface area contributed by atoms with Crippen LogP contribution in [0.2, 0.25) is 10.0 Å². The maximum atomic E-state index is 13.0. The van der Waals surface area contributed by atoms with Gasteiger partial charge in [-0.3, -0.25) is 0 Å². The molecule has 0 atom stereocenters. The van der Waals surface area contributed by atoms with Gasteiger partial charge < -0.3 is 14.8 Å². The molecule has 7 heteroatoms. The lowest BCUT2D eigenvalue weighted by Gasteiger charge is -2.18. The van der Waals surface area contributed by atoms with Gasteiger partial charge in [0.25, 0.3) is 0 Å². The molecule has 3 nitrogen and oxygen atoms in total. The maximum absolute atomic E-state index is 13.0. The van der Waals surface area contributed by atoms with Gasteiger partial charge in [-0.25, -0.2) is 4.39 Å². The Kier molecular flexibility index (Phi) is 8.40. The number of hydrogen-bond donors (Lipinski definition) is 1. The fraction of sp³-hybridized carbons (Fsp3) is 0.217. The standard InChI is InChI=1S/C23H21BrCl2FNO2/c1-29-22-10-9-19(24)17(13-28-12-11-15-5-7-16(27)8-6-15)23(22)30-14-18-20(25)3-2-4-21(18)26/h2-10,28H,11-14H2,1H3. The highest BCUT2D eigenvalue weighted by Crippen LogP contribution is 2.37. The van der Waals surface area contributed by atoms with Gasteiger partial charge in [-0.15, -0.1) is 0 Å². The molecule has 3 rings (SSSR count). The smallest absolute Gasteiger partial charge is 0.167 e. The molecule has 0 fully saturated rings. The molecule has 0 bridgehead atoms. The van der Waals surface area contributed by atoms with Crippen LogP contribution in [0.1, 0.15) is 16.7 Å². The van der Waals surface area contributed by atoms with Gasteiger partial charge in [-0.05, 0) is 54.9 Å². The summed E-state index contributed by atoms with van der Waals surface area (Å²) in [6.07, 6.45) is 0.785. The van der Waals surface area contributed by atoms with Crippen molar-refractivity contribution in [2.45, 2.75) is 19.6 Å². The zero-order chi connectivity index (χ0) is 21.5. The summed E-state index contributed by atoms with van der Waals surface area (Å²) in [6, 6.07) is 15.6. The minimum absolute atomic E-state index is 0.216. The monoisotopic (exact) mass is 511 g/mol. The molecule has 0 amide bonds. The Bertz CT molecular complexity index is 979. The molecule has 0 saturated carbocycles. The van der Waals surface area contributed by atoms with Crippen molar-refractivity contribution in [2.24, 2.45) is 0 Å². The van der Waals surface area contributed by atoms with E-state index in [9.17, 15) is 4.39 Å². The molecule has 0 aromatic heterocycles. The van der Waals surface area contributed by atoms with Crippen molar-refractivity contribution in [3.05, 3.63) is 91.6 Å². The molecule has 0 aliphatic carbocycles. The van der Waals surface area contributed by atoms with Crippen LogP contribution in [0, 0.1) is 5.82 Å². The van der Waals surface area contributed by atoms with Crippen LogP contribution in [0.15, 0.2) is 59.1 Å². The average molecular weight is 513 g/mol. The lowest BCUT2D eigenvalue weighted by molar-refractivity contribution is 0.280. The number of methoxy groups -OCH3 is 1. The second-order valence-corrected chi connectivity index (χ2v) is 8.27. The maximum Gasteiger partial charge on any atom is 0.167 e. The lowest BCUT2D eigenvalue weighted by Crippen LogP contribution is -2.18. The quantitative estimate of drug-likeness (QED) is 0.319. The van der Waals surface area contributed by atoms with E-state index < -0.39 is 0 Å². The van der Waals surface area contributed by atoms with Crippen molar-refractivity contribution in [1.29, 1.82) is 0 Å². The number of benzene rings is 3. The molecule has 0 unspecified atom stereocenters. The van der Waals surface area contributed by atoms with Gasteiger partial charge in [0, 0.05) is 32.2 Å². The van der Waals surface area contributed by atoms with E-state index in [1.807, 2.05) is 12.1 Å². The highest BCUT2D eigenvalue weighted by atomic mass is 79.9. The van der Waals surface area contributed by atoms with E-state index in [4.69, 9.17) is 32.7 Å². The van der Waals surface area contributed by atoms with E-state index in [1.54, 1.807) is 37.4 Å². The second kappa shape index (κ2) is 11.0. The molecule has 0 aliphatic heterocycles. The predicted octanol–water partition coefficient (Wildman–Crippen LogP) is 6.81. The van der Waals surface area contributed by atoms with E-state index in [0.717, 1.165) is 34.1 Å². The number of hydrogen-bond acceptors (Lipinski definition) is 3. The first-order chi connectivity index (χ1) is 14.5. The highest BCUT2D eigenvalue weighted by Gasteiger charge is 2.16. The zero-order valence-electron chi connectivity index (χ0n) is 16.4. The van der Waals surface area contributed by atoms with E-state index in [-0.39, 0.29) is 12.4 Å². The van der Waals surface area contributed by atoms with Crippen LogP contribution in [0.25, 0.3) is 0 Å². The van der Waals surface area contributed by atoms with Crippen molar-refractivity contribution in [3.63, 3.8) is 0 Å². The van der Waals surface area contributed by atoms with Gasteiger partial charge in [-0.2, -0.15) is 0 Å². The molecule has 0 spiro atoms. The summed E-state index contributed by atoms with van der Waals surface area (Å²) in [5, 5.41) is 4.51. The fourth-order valence-electron chi connectivity index (χ4n) is 2.98. The third-order valence-electron chi connectivity index (χ3n) is 4.62. The minimum Gasteiger partial charge on any atom is -0.493 e. The van der Waals surface area contributed by atoms with Crippen LogP contribution in [-0.4, -0.2) is 13.7 Å². The Labute approximate surface area is 194 Å². The second-order valence-electron chi connectivity index (χ2n) is 6.60. The van der Waals surface area contributed by atoms with Crippen molar-refractivity contribution < 1.29 is 13.9 Å². The average Bonchev–Trinajstić information content (AvgIpc) is 2.73. The number of halogens is 4. The molecule has 3 aromatic carbocycles. The summed E-state index contributed by atoms with van der Waals surface area (Å²) >= 11 is 16.1. The Morgan fingerprint density at radius 3 is 2.33 bits per heavy atom. The Hall–Kier alpha value is -1.79. The molecule has 0 heterocycles. The molecular weight excluding hydrogens is 492 g/mol. The topological polar surface area (TPSA) is 30.5 Å². The fourth-order valence-corrected chi connectivity index (χ4v) is 3.94. The molecule has 158 valence electrons. The molecule has 0 aliphatic rings. The lowest BCUT2D eigenvalue weighted by atomic mass is 10.1. The predicted molar refractivity (Wildman–Crippen MR) is 123 cm³/mol. The van der Waals surface area contributed by atoms with E-state index in [2.05, 4.69) is 21.2 Å². The van der Waals surface area contributed by atoms with Crippen LogP contribution in [-0.2, 0) is 19.6 Å². The molecular formula is C23H21BrCl2FNO2. The summed E-state index contributed by atoms with van der Waals surface area (Å²) in [6.45, 7) is 1.50. The van der Waals surface area contributed by atoms with Gasteiger partial charge in [0.15, 0.2) is 11.5 Å². The van der Waals surface area contributed by atoms with Crippen LogP contribution in [0.5, 0.6) is 11.5 Å². The largest absolute Gasteiger partial charge is 0.493 e. The van der Waals surface area contributed by atoms with Gasteiger partial charge in [0.2, 0.25) is 0 Å². The molecule has 3 aromatic rings. The molecule has 0 saturated heterocycles. The third kappa shape index (κ3) is 5.88. The van der Waals surface area contributed by atoms with Crippen molar-refractivity contribution >= 4 is 39.1 Å². The van der Waals surface area contributed by atoms with E-state index >= 15 is 0 Å². The van der Waals surface area contributed by atoms with Gasteiger partial charge in [-0.1, -0.05) is 57.3 Å². The van der Waals surface area contributed by atoms with Crippen LogP contribution in [0.4, 0.5) is 4.39 Å². The summed E-state index contributed by atoms with van der Waals surface area (Å²) in [5.74, 6) is 1.02. The van der Waals surface area contributed by atoms with Crippen LogP contribution >= 0.6 is 39.1 Å². The summed E-state index contributed by atoms with van der Waals surface area (Å²) in [4.78, 5) is 0. The summed E-state index contributed by atoms with van der Waals surface area (Å²) in [5.41, 5.74) is 2.72. The SMILES string of the molecule is COc1ccc(Br)c(CNCCc2ccc(F)cc2)c1OCc1c(Cl)cccc1Cl. The highest BCUT2D eigenvalue weighted by molar-refractivity contribution is 9.10. The van der Waals surface area contributed by atoms with Gasteiger partial charge >= 0.3 is 0 Å². The molecule has 30 heavy (non-hydrogen) atoms. The number of nitrogens with one attached hydrogen (secondary N) is 1. The molecule has 1 N–H and O–H groups in total. The Morgan fingerprint density at radius 1 is 0.967 bits per heavy atom. The van der Waals surface area contributed by atoms with Gasteiger partial charge in [0.05, 0.1) is 7.11 Å². The number of rotatable bonds is 9. The first-order valence-electron chi connectivity index (χ1n) is 9.35. The van der Waals surface area contributed by atoms with E-state index in [1.165, 1.54) is 12.1 Å². The first-order valence-corrected chi connectivity index (χ1v) is 10.9. The van der Waals surface area contributed by atoms with Crippen molar-refractivity contribution in [3.8, 4) is 11.5 Å². The van der Waals surface area contributed by atoms with Crippen LogP contribution < -0.4 is 14.8 Å². The number of ether oxygens (including phenoxy) is 2. The zero-order valence-corrected chi connectivity index (χ0v) is 19.5. The summed E-state index contributed by atoms with van der Waals surface area (Å²) in [7, 11) is 1.60. The van der Waals surface area contributed by atoms with E-state index in [0.29, 0.717) is 28.1 Å². The first kappa shape index (κ1) is 22.9. The summed E-state index contributed by atoms with van der Waals surface area (Å²) < 4.78 is 25.6. The molecule has 0 radical (unpaired) electrons. The Morgan fingerprint density at radius 2 is 1.67 bits per heavy atom. The minimum atomic E-state index is -0.229. The third-order valence-corrected chi connectivity index (χ3v) is 6.07. The van der Waals surface area contributed by atoms with Crippen molar-refractivity contribution in [2.75, 3.05) is 13.7 Å². The van der Waals surface area contributed by atoms with Crippen molar-refractivity contribution in [1.82, 2.24) is 5.32 Å². The normalized spacial score (nSPS) is 10.8.